The van der Waals surface area contributed by atoms with Gasteiger partial charge in [0, 0.05) is 16.7 Å². The molecule has 0 aliphatic carbocycles. The number of carbonyl (C=O) groups is 2. The monoisotopic (exact) mass is 516 g/mol. The van der Waals surface area contributed by atoms with Crippen LogP contribution in [0.2, 0.25) is 0 Å². The lowest BCUT2D eigenvalue weighted by atomic mass is 10.0. The third-order valence-electron chi connectivity index (χ3n) is 5.80. The fraction of sp³-hybridized carbons (Fsp3) is 0.0690. The minimum atomic E-state index is -4.57. The van der Waals surface area contributed by atoms with Crippen molar-refractivity contribution in [1.82, 2.24) is 4.98 Å². The van der Waals surface area contributed by atoms with Gasteiger partial charge in [-0.3, -0.25) is 14.5 Å². The van der Waals surface area contributed by atoms with Crippen LogP contribution in [0, 0.1) is 0 Å². The molecule has 1 amide bonds. The number of carbonyl (C=O) groups excluding carboxylic acids is 2. The number of rotatable bonds is 6. The van der Waals surface area contributed by atoms with E-state index in [1.807, 2.05) is 36.4 Å². The number of para-hydroxylation sites is 1. The zero-order valence-corrected chi connectivity index (χ0v) is 20.1. The molecule has 0 aliphatic rings. The number of alkyl halides is 3. The fourth-order valence-corrected chi connectivity index (χ4v) is 4.94. The van der Waals surface area contributed by atoms with Crippen molar-refractivity contribution >= 4 is 38.4 Å². The van der Waals surface area contributed by atoms with Crippen molar-refractivity contribution in [1.29, 1.82) is 0 Å². The number of nitrogens with zero attached hydrogens (tertiary/aromatic N) is 2. The molecule has 0 spiro atoms. The summed E-state index contributed by atoms with van der Waals surface area (Å²) in [5, 5.41) is 0.157. The van der Waals surface area contributed by atoms with Gasteiger partial charge in [-0.05, 0) is 29.8 Å². The molecule has 0 fully saturated rings. The Hall–Kier alpha value is -4.30. The van der Waals surface area contributed by atoms with E-state index in [9.17, 15) is 22.8 Å². The second-order valence-electron chi connectivity index (χ2n) is 8.30. The highest BCUT2D eigenvalue weighted by Crippen LogP contribution is 2.39. The molecule has 5 rings (SSSR count). The number of thiazole rings is 1. The van der Waals surface area contributed by atoms with E-state index in [1.54, 1.807) is 54.6 Å². The molecule has 184 valence electrons. The smallest absolute Gasteiger partial charge is 0.289 e. The number of hydrogen-bond donors (Lipinski definition) is 0. The Kier molecular flexibility index (Phi) is 6.58. The highest BCUT2D eigenvalue weighted by atomic mass is 32.1. The van der Waals surface area contributed by atoms with Crippen molar-refractivity contribution in [2.24, 2.45) is 0 Å². The van der Waals surface area contributed by atoms with Crippen LogP contribution in [-0.2, 0) is 12.7 Å². The van der Waals surface area contributed by atoms with Gasteiger partial charge in [-0.15, -0.1) is 0 Å². The second-order valence-corrected chi connectivity index (χ2v) is 9.31. The SMILES string of the molecule is O=C(c1ccccc1)c1ccc(C(=O)N(Cc2ccccc2)c2nc3c(C(F)(F)F)cccc3s2)cc1. The maximum absolute atomic E-state index is 13.6. The Balaban J connectivity index is 1.51. The van der Waals surface area contributed by atoms with Gasteiger partial charge in [-0.25, -0.2) is 4.98 Å². The average Bonchev–Trinajstić information content (AvgIpc) is 3.35. The van der Waals surface area contributed by atoms with Crippen LogP contribution in [0.5, 0.6) is 0 Å². The van der Waals surface area contributed by atoms with Gasteiger partial charge in [0.25, 0.3) is 5.91 Å². The van der Waals surface area contributed by atoms with E-state index < -0.39 is 17.6 Å². The maximum Gasteiger partial charge on any atom is 0.418 e. The zero-order chi connectivity index (χ0) is 26.0. The van der Waals surface area contributed by atoms with Gasteiger partial charge >= 0.3 is 6.18 Å². The number of aromatic nitrogens is 1. The molecule has 0 N–H and O–H groups in total. The molecule has 0 radical (unpaired) electrons. The lowest BCUT2D eigenvalue weighted by molar-refractivity contribution is -0.136. The molecule has 0 aliphatic heterocycles. The topological polar surface area (TPSA) is 50.3 Å². The first-order valence-electron chi connectivity index (χ1n) is 11.3. The molecule has 8 heteroatoms. The van der Waals surface area contributed by atoms with E-state index in [-0.39, 0.29) is 28.5 Å². The van der Waals surface area contributed by atoms with Gasteiger partial charge in [0.1, 0.15) is 0 Å². The van der Waals surface area contributed by atoms with Gasteiger partial charge < -0.3 is 0 Å². The van der Waals surface area contributed by atoms with Crippen LogP contribution in [0.15, 0.2) is 103 Å². The van der Waals surface area contributed by atoms with Gasteiger partial charge in [-0.2, -0.15) is 13.2 Å². The molecule has 1 heterocycles. The van der Waals surface area contributed by atoms with E-state index in [0.29, 0.717) is 15.8 Å². The summed E-state index contributed by atoms with van der Waals surface area (Å²) in [4.78, 5) is 32.0. The minimum Gasteiger partial charge on any atom is -0.289 e. The molecular formula is C29H19F3N2O2S. The van der Waals surface area contributed by atoms with Crippen LogP contribution >= 0.6 is 11.3 Å². The van der Waals surface area contributed by atoms with Crippen molar-refractivity contribution in [3.8, 4) is 0 Å². The third kappa shape index (κ3) is 5.15. The summed E-state index contributed by atoms with van der Waals surface area (Å²) >= 11 is 1.02. The molecule has 0 atom stereocenters. The van der Waals surface area contributed by atoms with Gasteiger partial charge in [0.05, 0.1) is 22.3 Å². The Bertz CT molecular complexity index is 1560. The molecule has 0 saturated heterocycles. The number of ketones is 1. The van der Waals surface area contributed by atoms with Gasteiger partial charge in [0.15, 0.2) is 10.9 Å². The van der Waals surface area contributed by atoms with Gasteiger partial charge in [0.2, 0.25) is 0 Å². The number of amides is 1. The first-order chi connectivity index (χ1) is 17.8. The number of fused-ring (bicyclic) bond motifs is 1. The predicted molar refractivity (Wildman–Crippen MR) is 138 cm³/mol. The molecule has 1 aromatic heterocycles. The molecule has 37 heavy (non-hydrogen) atoms. The van der Waals surface area contributed by atoms with Gasteiger partial charge in [-0.1, -0.05) is 90.2 Å². The predicted octanol–water partition coefficient (Wildman–Crippen LogP) is 7.39. The molecular weight excluding hydrogens is 497 g/mol. The summed E-state index contributed by atoms with van der Waals surface area (Å²) in [6, 6.07) is 28.0. The summed E-state index contributed by atoms with van der Waals surface area (Å²) < 4.78 is 41.1. The van der Waals surface area contributed by atoms with Crippen LogP contribution in [0.3, 0.4) is 0 Å². The fourth-order valence-electron chi connectivity index (χ4n) is 3.95. The number of halogens is 3. The Morgan fingerprint density at radius 3 is 1.97 bits per heavy atom. The summed E-state index contributed by atoms with van der Waals surface area (Å²) in [6.07, 6.45) is -4.57. The lowest BCUT2D eigenvalue weighted by Gasteiger charge is -2.20. The van der Waals surface area contributed by atoms with E-state index in [2.05, 4.69) is 4.98 Å². The molecule has 4 aromatic carbocycles. The van der Waals surface area contributed by atoms with E-state index in [4.69, 9.17) is 0 Å². The molecule has 5 aromatic rings. The lowest BCUT2D eigenvalue weighted by Crippen LogP contribution is -2.30. The molecule has 4 nitrogen and oxygen atoms in total. The quantitative estimate of drug-likeness (QED) is 0.221. The van der Waals surface area contributed by atoms with E-state index >= 15 is 0 Å². The average molecular weight is 517 g/mol. The van der Waals surface area contributed by atoms with Crippen molar-refractivity contribution in [2.45, 2.75) is 12.7 Å². The second kappa shape index (κ2) is 9.99. The first-order valence-corrected chi connectivity index (χ1v) is 12.2. The standard InChI is InChI=1S/C29H19F3N2O2S/c30-29(31,32)23-12-7-13-24-25(23)33-28(37-24)34(18-19-8-3-1-4-9-19)27(36)22-16-14-21(15-17-22)26(35)20-10-5-2-6-11-20/h1-17H,18H2. The summed E-state index contributed by atoms with van der Waals surface area (Å²) in [6.45, 7) is 0.117. The number of benzene rings is 4. The first kappa shape index (κ1) is 24.4. The minimum absolute atomic E-state index is 0.117. The largest absolute Gasteiger partial charge is 0.418 e. The van der Waals surface area contributed by atoms with Crippen LogP contribution in [0.1, 0.15) is 37.4 Å². The Labute approximate surface area is 214 Å². The van der Waals surface area contributed by atoms with Crippen LogP contribution in [0.25, 0.3) is 10.2 Å². The van der Waals surface area contributed by atoms with E-state index in [0.717, 1.165) is 23.0 Å². The summed E-state index contributed by atoms with van der Waals surface area (Å²) in [7, 11) is 0. The van der Waals surface area contributed by atoms with Crippen LogP contribution in [0.4, 0.5) is 18.3 Å². The number of anilines is 1. The van der Waals surface area contributed by atoms with Crippen LogP contribution in [-0.4, -0.2) is 16.7 Å². The van der Waals surface area contributed by atoms with Crippen molar-refractivity contribution in [2.75, 3.05) is 4.90 Å². The molecule has 0 saturated carbocycles. The Morgan fingerprint density at radius 2 is 1.32 bits per heavy atom. The summed E-state index contributed by atoms with van der Waals surface area (Å²) in [5.41, 5.74) is 1.00. The van der Waals surface area contributed by atoms with Crippen molar-refractivity contribution in [3.05, 3.63) is 131 Å². The number of hydrogen-bond acceptors (Lipinski definition) is 4. The van der Waals surface area contributed by atoms with Crippen molar-refractivity contribution in [3.63, 3.8) is 0 Å². The summed E-state index contributed by atoms with van der Waals surface area (Å²) in [5.74, 6) is -0.609. The van der Waals surface area contributed by atoms with Crippen LogP contribution < -0.4 is 4.90 Å². The van der Waals surface area contributed by atoms with E-state index in [1.165, 1.54) is 11.0 Å². The molecule has 0 bridgehead atoms. The highest BCUT2D eigenvalue weighted by Gasteiger charge is 2.34. The third-order valence-corrected chi connectivity index (χ3v) is 6.85. The highest BCUT2D eigenvalue weighted by molar-refractivity contribution is 7.22. The Morgan fingerprint density at radius 1 is 0.730 bits per heavy atom. The molecule has 0 unspecified atom stereocenters. The maximum atomic E-state index is 13.6. The van der Waals surface area contributed by atoms with Crippen molar-refractivity contribution < 1.29 is 22.8 Å². The normalized spacial score (nSPS) is 11.4. The zero-order valence-electron chi connectivity index (χ0n) is 19.3.